The smallest absolute Gasteiger partial charge is 0.162 e. The quantitative estimate of drug-likeness (QED) is 0.783. The molecule has 0 aliphatic carbocycles. The molecule has 2 N–H and O–H groups in total. The predicted octanol–water partition coefficient (Wildman–Crippen LogP) is 2.98. The van der Waals surface area contributed by atoms with Gasteiger partial charge in [0.25, 0.3) is 0 Å². The zero-order valence-corrected chi connectivity index (χ0v) is 11.6. The van der Waals surface area contributed by atoms with Gasteiger partial charge >= 0.3 is 0 Å². The molecule has 0 bridgehead atoms. The number of nitrogens with two attached hydrogens (primary N) is 1. The predicted molar refractivity (Wildman–Crippen MR) is 73.5 cm³/mol. The van der Waals surface area contributed by atoms with Crippen LogP contribution in [0, 0.1) is 5.92 Å². The van der Waals surface area contributed by atoms with Gasteiger partial charge in [-0.05, 0) is 23.6 Å². The molecule has 0 fully saturated rings. The first-order valence-electron chi connectivity index (χ1n) is 6.52. The molecule has 1 aromatic rings. The van der Waals surface area contributed by atoms with Crippen molar-refractivity contribution in [3.8, 4) is 11.5 Å². The standard InChI is InChI=1S/C14H19NO2S/c1-8-9(2)18-13-7-12-11(6-10(13)14(8)15)16-4-3-5-17-12/h6-9,14H,3-5,15H2,1-2H3. The fourth-order valence-corrected chi connectivity index (χ4v) is 3.74. The Balaban J connectivity index is 2.04. The number of hydrogen-bond donors (Lipinski definition) is 1. The monoisotopic (exact) mass is 265 g/mol. The van der Waals surface area contributed by atoms with E-state index in [-0.39, 0.29) is 6.04 Å². The van der Waals surface area contributed by atoms with Crippen molar-refractivity contribution in [2.24, 2.45) is 11.7 Å². The van der Waals surface area contributed by atoms with Gasteiger partial charge in [-0.25, -0.2) is 0 Å². The normalized spacial score (nSPS) is 30.5. The first-order valence-corrected chi connectivity index (χ1v) is 7.40. The zero-order chi connectivity index (χ0) is 12.7. The van der Waals surface area contributed by atoms with E-state index in [9.17, 15) is 0 Å². The third kappa shape index (κ3) is 1.97. The molecule has 3 atom stereocenters. The van der Waals surface area contributed by atoms with Crippen molar-refractivity contribution in [3.05, 3.63) is 17.7 Å². The van der Waals surface area contributed by atoms with E-state index in [0.29, 0.717) is 11.2 Å². The summed E-state index contributed by atoms with van der Waals surface area (Å²) in [6.07, 6.45) is 0.936. The summed E-state index contributed by atoms with van der Waals surface area (Å²) in [7, 11) is 0. The van der Waals surface area contributed by atoms with Crippen LogP contribution in [-0.2, 0) is 0 Å². The van der Waals surface area contributed by atoms with Crippen molar-refractivity contribution in [1.29, 1.82) is 0 Å². The molecule has 2 heterocycles. The Morgan fingerprint density at radius 2 is 1.83 bits per heavy atom. The van der Waals surface area contributed by atoms with Gasteiger partial charge in [-0.2, -0.15) is 0 Å². The van der Waals surface area contributed by atoms with Crippen LogP contribution in [-0.4, -0.2) is 18.5 Å². The minimum atomic E-state index is 0.0911. The van der Waals surface area contributed by atoms with Gasteiger partial charge in [-0.15, -0.1) is 11.8 Å². The Labute approximate surface area is 112 Å². The number of benzene rings is 1. The van der Waals surface area contributed by atoms with E-state index in [0.717, 1.165) is 31.1 Å². The summed E-state index contributed by atoms with van der Waals surface area (Å²) in [4.78, 5) is 1.25. The fraction of sp³-hybridized carbons (Fsp3) is 0.571. The van der Waals surface area contributed by atoms with Crippen molar-refractivity contribution in [3.63, 3.8) is 0 Å². The van der Waals surface area contributed by atoms with Crippen LogP contribution in [0.1, 0.15) is 31.9 Å². The highest BCUT2D eigenvalue weighted by molar-refractivity contribution is 8.00. The fourth-order valence-electron chi connectivity index (χ4n) is 2.45. The lowest BCUT2D eigenvalue weighted by atomic mass is 9.92. The van der Waals surface area contributed by atoms with Gasteiger partial charge in [0.2, 0.25) is 0 Å². The molecule has 0 saturated heterocycles. The maximum absolute atomic E-state index is 6.34. The second-order valence-electron chi connectivity index (χ2n) is 5.10. The number of rotatable bonds is 0. The summed E-state index contributed by atoms with van der Waals surface area (Å²) < 4.78 is 11.5. The van der Waals surface area contributed by atoms with Gasteiger partial charge in [-0.3, -0.25) is 0 Å². The van der Waals surface area contributed by atoms with Gasteiger partial charge in [-0.1, -0.05) is 13.8 Å². The maximum Gasteiger partial charge on any atom is 0.162 e. The van der Waals surface area contributed by atoms with Crippen LogP contribution in [0.4, 0.5) is 0 Å². The van der Waals surface area contributed by atoms with Crippen molar-refractivity contribution in [2.45, 2.75) is 36.5 Å². The molecule has 18 heavy (non-hydrogen) atoms. The van der Waals surface area contributed by atoms with Crippen molar-refractivity contribution in [1.82, 2.24) is 0 Å². The Hall–Kier alpha value is -0.870. The molecule has 2 aliphatic rings. The molecule has 3 nitrogen and oxygen atoms in total. The summed E-state index contributed by atoms with van der Waals surface area (Å²) in [6.45, 7) is 5.91. The number of thioether (sulfide) groups is 1. The average molecular weight is 265 g/mol. The minimum Gasteiger partial charge on any atom is -0.490 e. The van der Waals surface area contributed by atoms with Crippen molar-refractivity contribution >= 4 is 11.8 Å². The van der Waals surface area contributed by atoms with E-state index in [1.165, 1.54) is 10.5 Å². The molecule has 0 saturated carbocycles. The van der Waals surface area contributed by atoms with Gasteiger partial charge in [0.1, 0.15) is 0 Å². The van der Waals surface area contributed by atoms with Gasteiger partial charge < -0.3 is 15.2 Å². The summed E-state index contributed by atoms with van der Waals surface area (Å²) in [6, 6.07) is 4.27. The Morgan fingerprint density at radius 3 is 2.56 bits per heavy atom. The number of fused-ring (bicyclic) bond motifs is 2. The molecular formula is C14H19NO2S. The first kappa shape index (κ1) is 12.2. The van der Waals surface area contributed by atoms with E-state index in [2.05, 4.69) is 26.0 Å². The van der Waals surface area contributed by atoms with Crippen LogP contribution in [0.15, 0.2) is 17.0 Å². The van der Waals surface area contributed by atoms with Crippen molar-refractivity contribution < 1.29 is 9.47 Å². The van der Waals surface area contributed by atoms with Crippen LogP contribution in [0.5, 0.6) is 11.5 Å². The minimum absolute atomic E-state index is 0.0911. The van der Waals surface area contributed by atoms with Crippen LogP contribution in [0.3, 0.4) is 0 Å². The molecule has 0 radical (unpaired) electrons. The highest BCUT2D eigenvalue weighted by Gasteiger charge is 2.31. The largest absolute Gasteiger partial charge is 0.490 e. The van der Waals surface area contributed by atoms with Crippen molar-refractivity contribution in [2.75, 3.05) is 13.2 Å². The summed E-state index contributed by atoms with van der Waals surface area (Å²) in [5, 5.41) is 0.539. The Bertz CT molecular complexity index is 463. The molecule has 3 rings (SSSR count). The van der Waals surface area contributed by atoms with E-state index >= 15 is 0 Å². The first-order chi connectivity index (χ1) is 8.66. The summed E-state index contributed by atoms with van der Waals surface area (Å²) in [5.74, 6) is 2.20. The molecule has 3 unspecified atom stereocenters. The second-order valence-corrected chi connectivity index (χ2v) is 6.51. The number of ether oxygens (including phenoxy) is 2. The average Bonchev–Trinajstić information content (AvgIpc) is 2.59. The lowest BCUT2D eigenvalue weighted by Gasteiger charge is -2.33. The zero-order valence-electron chi connectivity index (χ0n) is 10.8. The summed E-state index contributed by atoms with van der Waals surface area (Å²) >= 11 is 1.89. The van der Waals surface area contributed by atoms with E-state index < -0.39 is 0 Å². The maximum atomic E-state index is 6.34. The molecule has 4 heteroatoms. The Kier molecular flexibility index (Phi) is 3.16. The molecule has 0 spiro atoms. The Morgan fingerprint density at radius 1 is 1.17 bits per heavy atom. The lowest BCUT2D eigenvalue weighted by molar-refractivity contribution is 0.296. The van der Waals surface area contributed by atoms with Gasteiger partial charge in [0, 0.05) is 22.6 Å². The topological polar surface area (TPSA) is 44.5 Å². The van der Waals surface area contributed by atoms with Crippen LogP contribution in [0.25, 0.3) is 0 Å². The van der Waals surface area contributed by atoms with Gasteiger partial charge in [0.05, 0.1) is 13.2 Å². The van der Waals surface area contributed by atoms with Gasteiger partial charge in [0.15, 0.2) is 11.5 Å². The molecule has 1 aromatic carbocycles. The van der Waals surface area contributed by atoms with Crippen LogP contribution in [0.2, 0.25) is 0 Å². The van der Waals surface area contributed by atoms with Crippen LogP contribution >= 0.6 is 11.8 Å². The highest BCUT2D eigenvalue weighted by atomic mass is 32.2. The molecule has 0 aromatic heterocycles. The van der Waals surface area contributed by atoms with E-state index in [4.69, 9.17) is 15.2 Å². The highest BCUT2D eigenvalue weighted by Crippen LogP contribution is 2.47. The summed E-state index contributed by atoms with van der Waals surface area (Å²) in [5.41, 5.74) is 7.55. The second kappa shape index (κ2) is 4.67. The molecule has 98 valence electrons. The van der Waals surface area contributed by atoms with Crippen LogP contribution < -0.4 is 15.2 Å². The van der Waals surface area contributed by atoms with E-state index in [1.807, 2.05) is 11.8 Å². The molecule has 2 aliphatic heterocycles. The van der Waals surface area contributed by atoms with E-state index in [1.54, 1.807) is 0 Å². The lowest BCUT2D eigenvalue weighted by Crippen LogP contribution is -2.30. The third-order valence-electron chi connectivity index (χ3n) is 3.86. The number of hydrogen-bond acceptors (Lipinski definition) is 4. The molecule has 0 amide bonds. The molecular weight excluding hydrogens is 246 g/mol. The SMILES string of the molecule is CC1Sc2cc3c(cc2C(N)C1C)OCCCO3. The third-order valence-corrected chi connectivity index (χ3v) is 5.27.